The van der Waals surface area contributed by atoms with Gasteiger partial charge in [-0.25, -0.2) is 22.7 Å². The fourth-order valence-electron chi connectivity index (χ4n) is 4.14. The number of para-hydroxylation sites is 2. The van der Waals surface area contributed by atoms with Crippen LogP contribution in [0.4, 0.5) is 28.7 Å². The standard InChI is InChI=1S/C29H26N6O5S/c1-39-23-15-21(16-24(17-23)40-2)32-28-29(34-26-11-4-3-10-25(26)33-28)35(41(37)38)22-9-5-8-20(14-22)31-27(36)13-19-7-6-12-30-18-19/h3-12,14-18,41H,13H2,1-2H3,(H,31,36)(H,32,33). The first-order valence-electron chi connectivity index (χ1n) is 12.4. The largest absolute Gasteiger partial charge is 0.497 e. The van der Waals surface area contributed by atoms with Crippen LogP contribution in [0.5, 0.6) is 11.5 Å². The number of rotatable bonds is 10. The molecule has 12 heteroatoms. The number of methoxy groups -OCH3 is 2. The monoisotopic (exact) mass is 570 g/mol. The molecular weight excluding hydrogens is 544 g/mol. The number of thiol groups is 1. The summed E-state index contributed by atoms with van der Waals surface area (Å²) in [5.41, 5.74) is 3.03. The van der Waals surface area contributed by atoms with E-state index in [4.69, 9.17) is 9.47 Å². The van der Waals surface area contributed by atoms with E-state index >= 15 is 0 Å². The van der Waals surface area contributed by atoms with Crippen molar-refractivity contribution in [2.75, 3.05) is 29.2 Å². The van der Waals surface area contributed by atoms with Gasteiger partial charge < -0.3 is 20.1 Å². The van der Waals surface area contributed by atoms with E-state index in [2.05, 4.69) is 25.6 Å². The van der Waals surface area contributed by atoms with E-state index in [9.17, 15) is 13.2 Å². The van der Waals surface area contributed by atoms with Crippen molar-refractivity contribution >= 4 is 56.5 Å². The van der Waals surface area contributed by atoms with Crippen LogP contribution in [0.3, 0.4) is 0 Å². The molecule has 0 saturated carbocycles. The van der Waals surface area contributed by atoms with E-state index < -0.39 is 10.9 Å². The number of fused-ring (bicyclic) bond motifs is 1. The van der Waals surface area contributed by atoms with Crippen molar-refractivity contribution in [1.82, 2.24) is 15.0 Å². The van der Waals surface area contributed by atoms with Gasteiger partial charge in [0.15, 0.2) is 11.6 Å². The summed E-state index contributed by atoms with van der Waals surface area (Å²) in [6.45, 7) is 0. The van der Waals surface area contributed by atoms with Gasteiger partial charge in [0, 0.05) is 42.0 Å². The van der Waals surface area contributed by atoms with Crippen molar-refractivity contribution in [3.05, 3.63) is 96.8 Å². The molecule has 0 saturated heterocycles. The van der Waals surface area contributed by atoms with Gasteiger partial charge in [-0.05, 0) is 42.0 Å². The smallest absolute Gasteiger partial charge is 0.230 e. The summed E-state index contributed by atoms with van der Waals surface area (Å²) in [6.07, 6.45) is 3.36. The molecule has 2 heterocycles. The predicted octanol–water partition coefficient (Wildman–Crippen LogP) is 4.63. The molecule has 0 atom stereocenters. The highest BCUT2D eigenvalue weighted by atomic mass is 32.2. The lowest BCUT2D eigenvalue weighted by atomic mass is 10.2. The number of carbonyl (C=O) groups excluding carboxylic acids is 1. The minimum Gasteiger partial charge on any atom is -0.497 e. The van der Waals surface area contributed by atoms with Crippen LogP contribution in [0.15, 0.2) is 91.3 Å². The Morgan fingerprint density at radius 3 is 2.24 bits per heavy atom. The molecule has 11 nitrogen and oxygen atoms in total. The van der Waals surface area contributed by atoms with Gasteiger partial charge in [-0.15, -0.1) is 0 Å². The van der Waals surface area contributed by atoms with Crippen LogP contribution in [0.2, 0.25) is 0 Å². The molecule has 0 spiro atoms. The number of hydrogen-bond donors (Lipinski definition) is 3. The third kappa shape index (κ3) is 6.50. The average Bonchev–Trinajstić information content (AvgIpc) is 2.97. The zero-order valence-electron chi connectivity index (χ0n) is 22.1. The Labute approximate surface area is 237 Å². The number of carbonyl (C=O) groups is 1. The first-order valence-corrected chi connectivity index (χ1v) is 13.6. The van der Waals surface area contributed by atoms with E-state index in [1.165, 1.54) is 14.2 Å². The Kier molecular flexibility index (Phi) is 8.20. The maximum Gasteiger partial charge on any atom is 0.230 e. The molecule has 0 fully saturated rings. The summed E-state index contributed by atoms with van der Waals surface area (Å²) in [7, 11) is -0.166. The zero-order chi connectivity index (χ0) is 28.8. The van der Waals surface area contributed by atoms with Crippen LogP contribution < -0.4 is 24.4 Å². The molecule has 2 N–H and O–H groups in total. The highest BCUT2D eigenvalue weighted by Gasteiger charge is 2.21. The van der Waals surface area contributed by atoms with Crippen LogP contribution in [-0.2, 0) is 22.1 Å². The lowest BCUT2D eigenvalue weighted by molar-refractivity contribution is -0.115. The maximum absolute atomic E-state index is 12.7. The second-order valence-electron chi connectivity index (χ2n) is 8.80. The van der Waals surface area contributed by atoms with Crippen LogP contribution in [-0.4, -0.2) is 43.5 Å². The molecule has 0 aliphatic rings. The van der Waals surface area contributed by atoms with Gasteiger partial charge in [0.05, 0.1) is 37.4 Å². The number of anilines is 5. The first kappa shape index (κ1) is 27.3. The molecule has 2 aromatic heterocycles. The molecule has 3 aromatic carbocycles. The van der Waals surface area contributed by atoms with Crippen LogP contribution in [0.1, 0.15) is 5.56 Å². The van der Waals surface area contributed by atoms with Gasteiger partial charge in [0.25, 0.3) is 0 Å². The molecule has 0 aliphatic carbocycles. The number of benzene rings is 3. The minimum atomic E-state index is -3.23. The minimum absolute atomic E-state index is 0.0421. The molecule has 1 amide bonds. The van der Waals surface area contributed by atoms with Crippen LogP contribution in [0.25, 0.3) is 11.0 Å². The number of pyridine rings is 1. The lowest BCUT2D eigenvalue weighted by Crippen LogP contribution is -2.19. The lowest BCUT2D eigenvalue weighted by Gasteiger charge is -2.21. The van der Waals surface area contributed by atoms with Gasteiger partial charge in [0.1, 0.15) is 11.5 Å². The fourth-order valence-corrected chi connectivity index (χ4v) is 4.75. The van der Waals surface area contributed by atoms with E-state index in [1.807, 2.05) is 6.07 Å². The van der Waals surface area contributed by atoms with E-state index in [0.717, 1.165) is 9.87 Å². The molecule has 5 aromatic rings. The summed E-state index contributed by atoms with van der Waals surface area (Å²) in [5, 5.41) is 5.99. The fraction of sp³-hybridized carbons (Fsp3) is 0.103. The number of aromatic nitrogens is 3. The van der Waals surface area contributed by atoms with Crippen LogP contribution >= 0.6 is 0 Å². The maximum atomic E-state index is 12.7. The first-order chi connectivity index (χ1) is 19.9. The molecular formula is C29H26N6O5S. The third-order valence-corrected chi connectivity index (χ3v) is 6.74. The molecule has 41 heavy (non-hydrogen) atoms. The summed E-state index contributed by atoms with van der Waals surface area (Å²) < 4.78 is 37.3. The zero-order valence-corrected chi connectivity index (χ0v) is 23.0. The van der Waals surface area contributed by atoms with E-state index in [1.54, 1.807) is 85.2 Å². The second-order valence-corrected chi connectivity index (χ2v) is 9.67. The number of hydrogen-bond acceptors (Lipinski definition) is 9. The quantitative estimate of drug-likeness (QED) is 0.205. The van der Waals surface area contributed by atoms with Gasteiger partial charge in [-0.1, -0.05) is 24.3 Å². The predicted molar refractivity (Wildman–Crippen MR) is 158 cm³/mol. The van der Waals surface area contributed by atoms with Crippen molar-refractivity contribution in [2.45, 2.75) is 6.42 Å². The summed E-state index contributed by atoms with van der Waals surface area (Å²) in [4.78, 5) is 26.0. The molecule has 0 bridgehead atoms. The van der Waals surface area contributed by atoms with Crippen molar-refractivity contribution in [3.8, 4) is 11.5 Å². The van der Waals surface area contributed by atoms with Gasteiger partial charge in [0.2, 0.25) is 16.8 Å². The summed E-state index contributed by atoms with van der Waals surface area (Å²) >= 11 is 0. The van der Waals surface area contributed by atoms with Gasteiger partial charge in [-0.2, -0.15) is 0 Å². The third-order valence-electron chi connectivity index (χ3n) is 5.99. The number of ether oxygens (including phenoxy) is 2. The summed E-state index contributed by atoms with van der Waals surface area (Å²) in [6, 6.07) is 22.3. The Morgan fingerprint density at radius 2 is 1.59 bits per heavy atom. The molecule has 5 rings (SSSR count). The molecule has 208 valence electrons. The van der Waals surface area contributed by atoms with Crippen LogP contribution in [0, 0.1) is 0 Å². The number of nitrogens with zero attached hydrogens (tertiary/aromatic N) is 4. The van der Waals surface area contributed by atoms with Gasteiger partial charge >= 0.3 is 0 Å². The SMILES string of the molecule is COc1cc(Nc2nc3ccccc3nc2N(c2cccc(NC(=O)Cc3cccnc3)c2)[SH](=O)=O)cc(OC)c1. The normalized spacial score (nSPS) is 10.8. The van der Waals surface area contributed by atoms with Crippen molar-refractivity contribution < 1.29 is 22.7 Å². The Bertz CT molecular complexity index is 1750. The Hall–Kier alpha value is -5.23. The second kappa shape index (κ2) is 12.3. The topological polar surface area (TPSA) is 136 Å². The Balaban J connectivity index is 1.54. The molecule has 0 radical (unpaired) electrons. The number of amides is 1. The van der Waals surface area contributed by atoms with Crippen molar-refractivity contribution in [1.29, 1.82) is 0 Å². The Morgan fingerprint density at radius 1 is 0.854 bits per heavy atom. The summed E-state index contributed by atoms with van der Waals surface area (Å²) in [5.74, 6) is 1.02. The molecule has 0 unspecified atom stereocenters. The van der Waals surface area contributed by atoms with Gasteiger partial charge in [-0.3, -0.25) is 9.78 Å². The van der Waals surface area contributed by atoms with Crippen molar-refractivity contribution in [3.63, 3.8) is 0 Å². The molecule has 0 aliphatic heterocycles. The average molecular weight is 571 g/mol. The highest BCUT2D eigenvalue weighted by Crippen LogP contribution is 2.35. The van der Waals surface area contributed by atoms with E-state index in [-0.39, 0.29) is 29.7 Å². The highest BCUT2D eigenvalue weighted by molar-refractivity contribution is 7.74. The number of nitrogens with one attached hydrogen (secondary N) is 2. The van der Waals surface area contributed by atoms with E-state index in [0.29, 0.717) is 33.9 Å². The van der Waals surface area contributed by atoms with Crippen molar-refractivity contribution in [2.24, 2.45) is 0 Å².